The molecule has 27 heavy (non-hydrogen) atoms. The van der Waals surface area contributed by atoms with Crippen LogP contribution >= 0.6 is 0 Å². The van der Waals surface area contributed by atoms with Crippen LogP contribution in [0.5, 0.6) is 0 Å². The van der Waals surface area contributed by atoms with Crippen molar-refractivity contribution in [1.82, 2.24) is 25.2 Å². The van der Waals surface area contributed by atoms with Gasteiger partial charge in [0.25, 0.3) is 0 Å². The molecular formula is C22H33N5. The van der Waals surface area contributed by atoms with Crippen LogP contribution in [0.4, 0.5) is 0 Å². The van der Waals surface area contributed by atoms with Crippen molar-refractivity contribution in [3.05, 3.63) is 35.8 Å². The lowest BCUT2D eigenvalue weighted by atomic mass is 10.0. The molecule has 0 bridgehead atoms. The smallest absolute Gasteiger partial charge is 0.156 e. The summed E-state index contributed by atoms with van der Waals surface area (Å²) in [6, 6.07) is 7.66. The first-order valence-corrected chi connectivity index (χ1v) is 10.7. The highest BCUT2D eigenvalue weighted by atomic mass is 15.2. The van der Waals surface area contributed by atoms with Gasteiger partial charge < -0.3 is 15.2 Å². The van der Waals surface area contributed by atoms with Gasteiger partial charge in [-0.1, -0.05) is 6.07 Å². The molecular weight excluding hydrogens is 334 g/mol. The molecule has 0 unspecified atom stereocenters. The molecule has 2 aromatic rings. The fourth-order valence-electron chi connectivity index (χ4n) is 4.01. The number of rotatable bonds is 8. The quantitative estimate of drug-likeness (QED) is 0.698. The van der Waals surface area contributed by atoms with Gasteiger partial charge in [-0.05, 0) is 84.1 Å². The summed E-state index contributed by atoms with van der Waals surface area (Å²) in [6.45, 7) is 8.12. The van der Waals surface area contributed by atoms with Crippen LogP contribution in [0.2, 0.25) is 0 Å². The standard InChI is InChI=1S/C22H33N5/c1-16(2)27-13-10-18(11-14-27)23-12-4-6-19-5-3-7-20(25-19)22-24-15-21(26-22)17-8-9-17/h3,5,7,15-18,23H,4,6,8-14H2,1-2H3,(H,24,26). The number of piperidine rings is 1. The molecule has 2 aliphatic rings. The lowest BCUT2D eigenvalue weighted by molar-refractivity contribution is 0.161. The predicted octanol–water partition coefficient (Wildman–Crippen LogP) is 3.74. The average Bonchev–Trinajstić information content (AvgIpc) is 3.42. The molecule has 0 amide bonds. The summed E-state index contributed by atoms with van der Waals surface area (Å²) in [5.74, 6) is 1.61. The highest BCUT2D eigenvalue weighted by Gasteiger charge is 2.25. The summed E-state index contributed by atoms with van der Waals surface area (Å²) < 4.78 is 0. The third-order valence-electron chi connectivity index (χ3n) is 5.96. The highest BCUT2D eigenvalue weighted by Crippen LogP contribution is 2.39. The number of nitrogens with zero attached hydrogens (tertiary/aromatic N) is 3. The minimum absolute atomic E-state index is 0.679. The summed E-state index contributed by atoms with van der Waals surface area (Å²) >= 11 is 0. The highest BCUT2D eigenvalue weighted by molar-refractivity contribution is 5.50. The second kappa shape index (κ2) is 8.53. The van der Waals surface area contributed by atoms with Crippen molar-refractivity contribution in [2.75, 3.05) is 19.6 Å². The zero-order chi connectivity index (χ0) is 18.6. The van der Waals surface area contributed by atoms with E-state index in [0.717, 1.165) is 36.6 Å². The van der Waals surface area contributed by atoms with Crippen LogP contribution in [0.25, 0.3) is 11.5 Å². The van der Waals surface area contributed by atoms with Crippen molar-refractivity contribution >= 4 is 0 Å². The maximum Gasteiger partial charge on any atom is 0.156 e. The fourth-order valence-corrected chi connectivity index (χ4v) is 4.01. The van der Waals surface area contributed by atoms with E-state index in [9.17, 15) is 0 Å². The SMILES string of the molecule is CC(C)N1CCC(NCCCc2cccc(-c3ncc(C4CC4)[nH]3)n2)CC1. The van der Waals surface area contributed by atoms with Crippen molar-refractivity contribution in [2.45, 2.75) is 70.4 Å². The molecule has 1 aliphatic heterocycles. The van der Waals surface area contributed by atoms with Crippen molar-refractivity contribution in [3.63, 3.8) is 0 Å². The Morgan fingerprint density at radius 2 is 2.00 bits per heavy atom. The van der Waals surface area contributed by atoms with Crippen molar-refractivity contribution in [3.8, 4) is 11.5 Å². The molecule has 0 spiro atoms. The van der Waals surface area contributed by atoms with Crippen LogP contribution < -0.4 is 5.32 Å². The molecule has 2 aromatic heterocycles. The Hall–Kier alpha value is -1.72. The van der Waals surface area contributed by atoms with E-state index in [1.54, 1.807) is 0 Å². The summed E-state index contributed by atoms with van der Waals surface area (Å²) in [6.07, 6.45) is 9.25. The van der Waals surface area contributed by atoms with E-state index >= 15 is 0 Å². The Bertz CT molecular complexity index is 726. The van der Waals surface area contributed by atoms with Gasteiger partial charge in [-0.2, -0.15) is 0 Å². The van der Waals surface area contributed by atoms with E-state index in [4.69, 9.17) is 4.98 Å². The van der Waals surface area contributed by atoms with E-state index in [1.807, 2.05) is 6.20 Å². The zero-order valence-electron chi connectivity index (χ0n) is 16.7. The number of aryl methyl sites for hydroxylation is 1. The maximum absolute atomic E-state index is 4.82. The molecule has 0 radical (unpaired) electrons. The summed E-state index contributed by atoms with van der Waals surface area (Å²) in [4.78, 5) is 15.4. The minimum atomic E-state index is 0.679. The molecule has 2 N–H and O–H groups in total. The topological polar surface area (TPSA) is 56.8 Å². The molecule has 1 aliphatic carbocycles. The number of hydrogen-bond donors (Lipinski definition) is 2. The first-order chi connectivity index (χ1) is 13.2. The molecule has 1 saturated heterocycles. The third kappa shape index (κ3) is 4.96. The Kier molecular flexibility index (Phi) is 5.89. The predicted molar refractivity (Wildman–Crippen MR) is 110 cm³/mol. The third-order valence-corrected chi connectivity index (χ3v) is 5.96. The van der Waals surface area contributed by atoms with Crippen LogP contribution in [-0.2, 0) is 6.42 Å². The van der Waals surface area contributed by atoms with Gasteiger partial charge >= 0.3 is 0 Å². The van der Waals surface area contributed by atoms with Crippen molar-refractivity contribution < 1.29 is 0 Å². The summed E-state index contributed by atoms with van der Waals surface area (Å²) in [7, 11) is 0. The number of H-pyrrole nitrogens is 1. The molecule has 1 saturated carbocycles. The van der Waals surface area contributed by atoms with E-state index in [-0.39, 0.29) is 0 Å². The average molecular weight is 368 g/mol. The Morgan fingerprint density at radius 1 is 1.19 bits per heavy atom. The normalized spacial score (nSPS) is 19.1. The molecule has 0 atom stereocenters. The number of aromatic nitrogens is 3. The van der Waals surface area contributed by atoms with E-state index in [0.29, 0.717) is 18.0 Å². The molecule has 5 heteroatoms. The Labute approximate surface area is 163 Å². The van der Waals surface area contributed by atoms with Crippen molar-refractivity contribution in [2.24, 2.45) is 0 Å². The van der Waals surface area contributed by atoms with Crippen LogP contribution in [0.3, 0.4) is 0 Å². The van der Waals surface area contributed by atoms with Gasteiger partial charge in [0.1, 0.15) is 5.69 Å². The largest absolute Gasteiger partial charge is 0.340 e. The number of imidazole rings is 1. The number of aromatic amines is 1. The van der Waals surface area contributed by atoms with Gasteiger partial charge in [0, 0.05) is 35.6 Å². The number of likely N-dealkylation sites (tertiary alicyclic amines) is 1. The lowest BCUT2D eigenvalue weighted by Gasteiger charge is -2.35. The molecule has 3 heterocycles. The van der Waals surface area contributed by atoms with E-state index < -0.39 is 0 Å². The first-order valence-electron chi connectivity index (χ1n) is 10.7. The van der Waals surface area contributed by atoms with Gasteiger partial charge in [0.05, 0.1) is 0 Å². The summed E-state index contributed by atoms with van der Waals surface area (Å²) in [5, 5.41) is 3.75. The second-order valence-corrected chi connectivity index (χ2v) is 8.44. The van der Waals surface area contributed by atoms with Gasteiger partial charge in [-0.25, -0.2) is 9.97 Å². The van der Waals surface area contributed by atoms with E-state index in [2.05, 4.69) is 52.2 Å². The molecule has 5 nitrogen and oxygen atoms in total. The van der Waals surface area contributed by atoms with Gasteiger partial charge in [-0.3, -0.25) is 0 Å². The summed E-state index contributed by atoms with van der Waals surface area (Å²) in [5.41, 5.74) is 3.40. The maximum atomic E-state index is 4.82. The number of hydrogen-bond acceptors (Lipinski definition) is 4. The Morgan fingerprint density at radius 3 is 2.74 bits per heavy atom. The van der Waals surface area contributed by atoms with Crippen LogP contribution in [-0.4, -0.2) is 51.6 Å². The van der Waals surface area contributed by atoms with Crippen molar-refractivity contribution in [1.29, 1.82) is 0 Å². The monoisotopic (exact) mass is 367 g/mol. The second-order valence-electron chi connectivity index (χ2n) is 8.44. The van der Waals surface area contributed by atoms with Crippen LogP contribution in [0.1, 0.15) is 63.3 Å². The lowest BCUT2D eigenvalue weighted by Crippen LogP contribution is -2.45. The van der Waals surface area contributed by atoms with Crippen LogP contribution in [0, 0.1) is 0 Å². The van der Waals surface area contributed by atoms with Gasteiger partial charge in [-0.15, -0.1) is 0 Å². The van der Waals surface area contributed by atoms with E-state index in [1.165, 1.54) is 44.5 Å². The zero-order valence-corrected chi connectivity index (χ0v) is 16.7. The molecule has 146 valence electrons. The Balaban J connectivity index is 1.22. The molecule has 0 aromatic carbocycles. The minimum Gasteiger partial charge on any atom is -0.340 e. The van der Waals surface area contributed by atoms with Gasteiger partial charge in [0.15, 0.2) is 5.82 Å². The van der Waals surface area contributed by atoms with Gasteiger partial charge in [0.2, 0.25) is 0 Å². The number of pyridine rings is 1. The first kappa shape index (κ1) is 18.6. The number of nitrogens with one attached hydrogen (secondary N) is 2. The molecule has 2 fully saturated rings. The van der Waals surface area contributed by atoms with Crippen LogP contribution in [0.15, 0.2) is 24.4 Å². The fraction of sp³-hybridized carbons (Fsp3) is 0.636. The molecule has 4 rings (SSSR count).